The molecule has 0 fully saturated rings. The highest BCUT2D eigenvalue weighted by Crippen LogP contribution is 2.17. The van der Waals surface area contributed by atoms with Crippen molar-refractivity contribution < 1.29 is 14.0 Å². The van der Waals surface area contributed by atoms with Gasteiger partial charge in [-0.25, -0.2) is 0 Å². The molecule has 0 aromatic heterocycles. The second-order valence-electron chi connectivity index (χ2n) is 11.6. The first-order chi connectivity index (χ1) is 14.6. The Kier molecular flexibility index (Phi) is 19.4. The average Bonchev–Trinajstić information content (AvgIpc) is 2.66. The van der Waals surface area contributed by atoms with Crippen LogP contribution in [0.4, 0.5) is 0 Å². The topological polar surface area (TPSA) is 27.7 Å². The van der Waals surface area contributed by atoms with Crippen LogP contribution in [-0.2, 0) is 14.0 Å². The van der Waals surface area contributed by atoms with Crippen molar-refractivity contribution >= 4 is 7.32 Å². The molecular weight excluding hydrogens is 383 g/mol. The summed E-state index contributed by atoms with van der Waals surface area (Å²) in [6, 6.07) is 0. The van der Waals surface area contributed by atoms with E-state index in [9.17, 15) is 0 Å². The summed E-state index contributed by atoms with van der Waals surface area (Å²) in [4.78, 5) is 0. The summed E-state index contributed by atoms with van der Waals surface area (Å²) in [6.07, 6.45) is 11.3. The Morgan fingerprint density at radius 2 is 0.677 bits per heavy atom. The maximum absolute atomic E-state index is 6.10. The van der Waals surface area contributed by atoms with E-state index in [-0.39, 0.29) is 0 Å². The lowest BCUT2D eigenvalue weighted by Gasteiger charge is -2.21. The van der Waals surface area contributed by atoms with Crippen LogP contribution in [0.1, 0.15) is 120 Å². The Bertz CT molecular complexity index is 330. The van der Waals surface area contributed by atoms with E-state index in [1.807, 2.05) is 0 Å². The van der Waals surface area contributed by atoms with Crippen molar-refractivity contribution in [3.05, 3.63) is 0 Å². The van der Waals surface area contributed by atoms with Crippen LogP contribution in [0.5, 0.6) is 0 Å². The quantitative estimate of drug-likeness (QED) is 0.168. The normalized spacial score (nSPS) is 15.1. The van der Waals surface area contributed by atoms with Gasteiger partial charge in [-0.15, -0.1) is 0 Å². The highest BCUT2D eigenvalue weighted by atomic mass is 16.7. The van der Waals surface area contributed by atoms with Crippen molar-refractivity contribution in [2.24, 2.45) is 35.5 Å². The van der Waals surface area contributed by atoms with Gasteiger partial charge in [-0.3, -0.25) is 0 Å². The Morgan fingerprint density at radius 3 is 0.903 bits per heavy atom. The van der Waals surface area contributed by atoms with Gasteiger partial charge in [0, 0.05) is 19.8 Å². The summed E-state index contributed by atoms with van der Waals surface area (Å²) < 4.78 is 18.3. The largest absolute Gasteiger partial charge is 0.639 e. The molecule has 3 unspecified atom stereocenters. The van der Waals surface area contributed by atoms with Crippen molar-refractivity contribution in [3.63, 3.8) is 0 Å². The van der Waals surface area contributed by atoms with Crippen LogP contribution in [0.3, 0.4) is 0 Å². The summed E-state index contributed by atoms with van der Waals surface area (Å²) >= 11 is 0. The molecule has 0 saturated heterocycles. The lowest BCUT2D eigenvalue weighted by Crippen LogP contribution is -2.32. The minimum absolute atomic E-state index is 0.521. The van der Waals surface area contributed by atoms with E-state index in [0.717, 1.165) is 17.8 Å². The molecule has 0 aliphatic carbocycles. The van der Waals surface area contributed by atoms with E-state index >= 15 is 0 Å². The standard InChI is InChI=1S/C27H57BO3/c1-22(2)13-10-16-25(7)19-29-28(30-20-26(8)17-11-14-23(3)4)31-21-27(9)18-12-15-24(5)6/h22-27H,10-21H2,1-9H3. The maximum Gasteiger partial charge on any atom is 0.639 e. The molecule has 3 atom stereocenters. The van der Waals surface area contributed by atoms with Crippen molar-refractivity contribution in [3.8, 4) is 0 Å². The van der Waals surface area contributed by atoms with Gasteiger partial charge in [0.05, 0.1) is 0 Å². The number of hydrogen-bond donors (Lipinski definition) is 0. The molecule has 0 aliphatic rings. The second kappa shape index (κ2) is 19.4. The van der Waals surface area contributed by atoms with E-state index in [1.54, 1.807) is 0 Å². The first-order valence-corrected chi connectivity index (χ1v) is 13.4. The third-order valence-corrected chi connectivity index (χ3v) is 5.99. The Hall–Kier alpha value is -0.0551. The molecular formula is C27H57BO3. The fourth-order valence-corrected chi connectivity index (χ4v) is 3.75. The molecule has 0 spiro atoms. The molecule has 0 N–H and O–H groups in total. The predicted molar refractivity (Wildman–Crippen MR) is 137 cm³/mol. The molecule has 4 heteroatoms. The van der Waals surface area contributed by atoms with E-state index in [4.69, 9.17) is 14.0 Å². The Morgan fingerprint density at radius 1 is 0.419 bits per heavy atom. The van der Waals surface area contributed by atoms with E-state index in [0.29, 0.717) is 37.6 Å². The van der Waals surface area contributed by atoms with Gasteiger partial charge in [0.25, 0.3) is 0 Å². The van der Waals surface area contributed by atoms with Crippen LogP contribution in [0, 0.1) is 35.5 Å². The molecule has 0 aromatic rings. The second-order valence-corrected chi connectivity index (χ2v) is 11.6. The molecule has 0 heterocycles. The smallest absolute Gasteiger partial charge is 0.386 e. The van der Waals surface area contributed by atoms with Gasteiger partial charge in [0.1, 0.15) is 0 Å². The summed E-state index contributed by atoms with van der Waals surface area (Å²) in [7, 11) is -0.521. The minimum atomic E-state index is -0.521. The van der Waals surface area contributed by atoms with Crippen molar-refractivity contribution in [1.29, 1.82) is 0 Å². The molecule has 3 nitrogen and oxygen atoms in total. The van der Waals surface area contributed by atoms with Crippen molar-refractivity contribution in [1.82, 2.24) is 0 Å². The van der Waals surface area contributed by atoms with E-state index in [1.165, 1.54) is 57.8 Å². The van der Waals surface area contributed by atoms with Crippen LogP contribution >= 0.6 is 0 Å². The van der Waals surface area contributed by atoms with Gasteiger partial charge in [0.15, 0.2) is 0 Å². The third kappa shape index (κ3) is 21.5. The lowest BCUT2D eigenvalue weighted by atomic mass is 9.99. The van der Waals surface area contributed by atoms with Crippen molar-refractivity contribution in [2.45, 2.75) is 120 Å². The predicted octanol–water partition coefficient (Wildman–Crippen LogP) is 8.41. The van der Waals surface area contributed by atoms with Gasteiger partial charge in [0.2, 0.25) is 0 Å². The summed E-state index contributed by atoms with van der Waals surface area (Å²) in [6.45, 7) is 22.7. The minimum Gasteiger partial charge on any atom is -0.386 e. The molecule has 0 aromatic carbocycles. The first kappa shape index (κ1) is 30.9. The van der Waals surface area contributed by atoms with Crippen molar-refractivity contribution in [2.75, 3.05) is 19.8 Å². The molecule has 0 amide bonds. The zero-order valence-corrected chi connectivity index (χ0v) is 22.8. The van der Waals surface area contributed by atoms with Crippen LogP contribution in [0.2, 0.25) is 0 Å². The molecule has 0 saturated carbocycles. The zero-order chi connectivity index (χ0) is 23.6. The molecule has 0 radical (unpaired) electrons. The summed E-state index contributed by atoms with van der Waals surface area (Å²) in [5.41, 5.74) is 0. The first-order valence-electron chi connectivity index (χ1n) is 13.4. The number of hydrogen-bond acceptors (Lipinski definition) is 3. The van der Waals surface area contributed by atoms with Gasteiger partial charge in [-0.2, -0.15) is 0 Å². The molecule has 31 heavy (non-hydrogen) atoms. The SMILES string of the molecule is CC(C)CCCC(C)COB(OCC(C)CCCC(C)C)OCC(C)CCCC(C)C. The van der Waals surface area contributed by atoms with Gasteiger partial charge in [-0.05, 0) is 54.8 Å². The lowest BCUT2D eigenvalue weighted by molar-refractivity contribution is 0.0597. The highest BCUT2D eigenvalue weighted by molar-refractivity contribution is 6.36. The van der Waals surface area contributed by atoms with Gasteiger partial charge in [-0.1, -0.05) is 101 Å². The van der Waals surface area contributed by atoms with Crippen LogP contribution in [0.25, 0.3) is 0 Å². The number of rotatable bonds is 21. The summed E-state index contributed by atoms with van der Waals surface area (Å²) in [5, 5.41) is 0. The van der Waals surface area contributed by atoms with E-state index in [2.05, 4.69) is 62.3 Å². The fraction of sp³-hybridized carbons (Fsp3) is 1.00. The molecule has 0 aliphatic heterocycles. The Labute approximate surface area is 196 Å². The molecule has 0 bridgehead atoms. The maximum atomic E-state index is 6.10. The highest BCUT2D eigenvalue weighted by Gasteiger charge is 2.24. The third-order valence-electron chi connectivity index (χ3n) is 5.99. The monoisotopic (exact) mass is 440 g/mol. The van der Waals surface area contributed by atoms with Gasteiger partial charge < -0.3 is 14.0 Å². The Balaban J connectivity index is 4.39. The van der Waals surface area contributed by atoms with E-state index < -0.39 is 7.32 Å². The average molecular weight is 441 g/mol. The van der Waals surface area contributed by atoms with Crippen LogP contribution in [0.15, 0.2) is 0 Å². The molecule has 186 valence electrons. The fourth-order valence-electron chi connectivity index (χ4n) is 3.75. The van der Waals surface area contributed by atoms with Crippen LogP contribution < -0.4 is 0 Å². The molecule has 0 rings (SSSR count). The van der Waals surface area contributed by atoms with Crippen LogP contribution in [-0.4, -0.2) is 27.1 Å². The van der Waals surface area contributed by atoms with Gasteiger partial charge >= 0.3 is 7.32 Å². The summed E-state index contributed by atoms with van der Waals surface area (Å²) in [5.74, 6) is 3.96. The zero-order valence-electron chi connectivity index (χ0n) is 22.8.